The molecule has 1 aliphatic rings. The van der Waals surface area contributed by atoms with E-state index in [-0.39, 0.29) is 5.41 Å². The van der Waals surface area contributed by atoms with Gasteiger partial charge < -0.3 is 9.47 Å². The predicted molar refractivity (Wildman–Crippen MR) is 91.9 cm³/mol. The molecule has 2 rings (SSSR count). The Morgan fingerprint density at radius 2 is 1.91 bits per heavy atom. The largest absolute Gasteiger partial charge is 0.494 e. The van der Waals surface area contributed by atoms with Gasteiger partial charge in [-0.3, -0.25) is 4.90 Å². The molecule has 0 radical (unpaired) electrons. The maximum atomic E-state index is 5.81. The summed E-state index contributed by atoms with van der Waals surface area (Å²) in [5.74, 6) is 1.05. The molecule has 0 saturated carbocycles. The molecule has 124 valence electrons. The highest BCUT2D eigenvalue weighted by Crippen LogP contribution is 2.29. The van der Waals surface area contributed by atoms with Crippen molar-refractivity contribution in [1.29, 1.82) is 0 Å². The van der Waals surface area contributed by atoms with E-state index in [1.54, 1.807) is 0 Å². The van der Waals surface area contributed by atoms with Gasteiger partial charge in [0.15, 0.2) is 0 Å². The number of aryl methyl sites for hydroxylation is 1. The van der Waals surface area contributed by atoms with Gasteiger partial charge in [0.05, 0.1) is 19.8 Å². The Labute approximate surface area is 135 Å². The van der Waals surface area contributed by atoms with Crippen LogP contribution in [0.3, 0.4) is 0 Å². The van der Waals surface area contributed by atoms with Gasteiger partial charge in [0.25, 0.3) is 0 Å². The van der Waals surface area contributed by atoms with Crippen LogP contribution in [0.5, 0.6) is 5.75 Å². The molecular formula is C19H31NO2. The second kappa shape index (κ2) is 7.98. The van der Waals surface area contributed by atoms with Gasteiger partial charge in [-0.1, -0.05) is 32.9 Å². The summed E-state index contributed by atoms with van der Waals surface area (Å²) in [5, 5.41) is 0. The van der Waals surface area contributed by atoms with E-state index in [4.69, 9.17) is 9.47 Å². The van der Waals surface area contributed by atoms with Crippen molar-refractivity contribution in [3.05, 3.63) is 29.3 Å². The second-order valence-electron chi connectivity index (χ2n) is 7.06. The summed E-state index contributed by atoms with van der Waals surface area (Å²) in [5.41, 5.74) is 2.92. The Kier molecular flexibility index (Phi) is 6.27. The number of rotatable bonds is 6. The molecule has 0 unspecified atom stereocenters. The zero-order valence-electron chi connectivity index (χ0n) is 14.7. The van der Waals surface area contributed by atoms with E-state index in [0.29, 0.717) is 0 Å². The molecule has 0 N–H and O–H groups in total. The van der Waals surface area contributed by atoms with Gasteiger partial charge in [-0.2, -0.15) is 0 Å². The molecule has 1 aromatic rings. The minimum absolute atomic E-state index is 0.184. The van der Waals surface area contributed by atoms with E-state index in [1.165, 1.54) is 17.5 Å². The minimum atomic E-state index is 0.184. The van der Waals surface area contributed by atoms with Gasteiger partial charge in [-0.15, -0.1) is 0 Å². The third-order valence-corrected chi connectivity index (χ3v) is 4.25. The Morgan fingerprint density at radius 3 is 2.55 bits per heavy atom. The molecule has 0 atom stereocenters. The molecule has 22 heavy (non-hydrogen) atoms. The lowest BCUT2D eigenvalue weighted by atomic mass is 9.85. The maximum absolute atomic E-state index is 5.81. The Morgan fingerprint density at radius 1 is 1.18 bits per heavy atom. The molecular weight excluding hydrogens is 274 g/mol. The normalized spacial score (nSPS) is 16.7. The van der Waals surface area contributed by atoms with Crippen molar-refractivity contribution in [2.75, 3.05) is 39.5 Å². The molecule has 1 saturated heterocycles. The van der Waals surface area contributed by atoms with Crippen molar-refractivity contribution in [2.45, 2.75) is 46.0 Å². The number of hydrogen-bond acceptors (Lipinski definition) is 3. The molecule has 0 aromatic heterocycles. The second-order valence-corrected chi connectivity index (χ2v) is 7.06. The first-order valence-corrected chi connectivity index (χ1v) is 8.57. The van der Waals surface area contributed by atoms with Crippen LogP contribution in [0.4, 0.5) is 0 Å². The molecule has 0 amide bonds. The monoisotopic (exact) mass is 305 g/mol. The van der Waals surface area contributed by atoms with E-state index < -0.39 is 0 Å². The Hall–Kier alpha value is -1.06. The van der Waals surface area contributed by atoms with Crippen LogP contribution in [-0.4, -0.2) is 44.4 Å². The Balaban J connectivity index is 1.99. The van der Waals surface area contributed by atoms with Crippen molar-refractivity contribution in [3.63, 3.8) is 0 Å². The van der Waals surface area contributed by atoms with Crippen molar-refractivity contribution >= 4 is 0 Å². The molecule has 1 fully saturated rings. The van der Waals surface area contributed by atoms with E-state index in [1.807, 2.05) is 0 Å². The maximum Gasteiger partial charge on any atom is 0.122 e. The van der Waals surface area contributed by atoms with Crippen LogP contribution in [-0.2, 0) is 16.6 Å². The van der Waals surface area contributed by atoms with E-state index >= 15 is 0 Å². The topological polar surface area (TPSA) is 21.7 Å². The van der Waals surface area contributed by atoms with E-state index in [0.717, 1.165) is 51.6 Å². The zero-order chi connectivity index (χ0) is 16.0. The fourth-order valence-electron chi connectivity index (χ4n) is 2.86. The molecule has 0 spiro atoms. The highest BCUT2D eigenvalue weighted by atomic mass is 16.5. The highest BCUT2D eigenvalue weighted by Gasteiger charge is 2.16. The van der Waals surface area contributed by atoms with Crippen LogP contribution in [0, 0.1) is 0 Å². The van der Waals surface area contributed by atoms with Crippen molar-refractivity contribution in [2.24, 2.45) is 0 Å². The number of hydrogen-bond donors (Lipinski definition) is 0. The number of morpholine rings is 1. The first-order chi connectivity index (χ1) is 10.5. The van der Waals surface area contributed by atoms with Gasteiger partial charge in [0.1, 0.15) is 5.75 Å². The fraction of sp³-hybridized carbons (Fsp3) is 0.684. The molecule has 0 bridgehead atoms. The van der Waals surface area contributed by atoms with Gasteiger partial charge in [0, 0.05) is 13.1 Å². The van der Waals surface area contributed by atoms with E-state index in [9.17, 15) is 0 Å². The molecule has 1 aromatic carbocycles. The van der Waals surface area contributed by atoms with Crippen LogP contribution in [0.2, 0.25) is 0 Å². The lowest BCUT2D eigenvalue weighted by Crippen LogP contribution is -2.36. The lowest BCUT2D eigenvalue weighted by Gasteiger charge is -2.26. The zero-order valence-corrected chi connectivity index (χ0v) is 14.7. The average molecular weight is 305 g/mol. The van der Waals surface area contributed by atoms with Crippen molar-refractivity contribution in [3.8, 4) is 5.75 Å². The first-order valence-electron chi connectivity index (χ1n) is 8.57. The van der Waals surface area contributed by atoms with Crippen molar-refractivity contribution < 1.29 is 9.47 Å². The van der Waals surface area contributed by atoms with Crippen LogP contribution < -0.4 is 4.74 Å². The number of nitrogens with zero attached hydrogens (tertiary/aromatic N) is 1. The SMILES string of the molecule is CCOc1ccc(C(C)(C)C)cc1CCCN1CCOCC1. The quantitative estimate of drug-likeness (QED) is 0.801. The van der Waals surface area contributed by atoms with Crippen LogP contribution >= 0.6 is 0 Å². The summed E-state index contributed by atoms with van der Waals surface area (Å²) in [6.45, 7) is 14.6. The summed E-state index contributed by atoms with van der Waals surface area (Å²) < 4.78 is 11.2. The summed E-state index contributed by atoms with van der Waals surface area (Å²) >= 11 is 0. The average Bonchev–Trinajstić information content (AvgIpc) is 2.49. The molecule has 0 aliphatic carbocycles. The molecule has 3 heteroatoms. The summed E-state index contributed by atoms with van der Waals surface area (Å²) in [4.78, 5) is 2.50. The fourth-order valence-corrected chi connectivity index (χ4v) is 2.86. The van der Waals surface area contributed by atoms with Gasteiger partial charge in [0.2, 0.25) is 0 Å². The first kappa shape index (κ1) is 17.3. The van der Waals surface area contributed by atoms with Gasteiger partial charge in [-0.05, 0) is 48.9 Å². The van der Waals surface area contributed by atoms with Crippen LogP contribution in [0.25, 0.3) is 0 Å². The highest BCUT2D eigenvalue weighted by molar-refractivity contribution is 5.39. The Bertz CT molecular complexity index is 459. The number of ether oxygens (including phenoxy) is 2. The third kappa shape index (κ3) is 4.99. The predicted octanol–water partition coefficient (Wildman–Crippen LogP) is 3.65. The van der Waals surface area contributed by atoms with Crippen LogP contribution in [0.15, 0.2) is 18.2 Å². The van der Waals surface area contributed by atoms with Gasteiger partial charge in [-0.25, -0.2) is 0 Å². The summed E-state index contributed by atoms with van der Waals surface area (Å²) in [6, 6.07) is 6.69. The van der Waals surface area contributed by atoms with E-state index in [2.05, 4.69) is 50.8 Å². The standard InChI is InChI=1S/C19H31NO2/c1-5-22-18-9-8-17(19(2,3)4)15-16(18)7-6-10-20-11-13-21-14-12-20/h8-9,15H,5-7,10-14H2,1-4H3. The smallest absolute Gasteiger partial charge is 0.122 e. The summed E-state index contributed by atoms with van der Waals surface area (Å²) in [6.07, 6.45) is 2.25. The molecule has 1 heterocycles. The van der Waals surface area contributed by atoms with Gasteiger partial charge >= 0.3 is 0 Å². The minimum Gasteiger partial charge on any atom is -0.494 e. The molecule has 3 nitrogen and oxygen atoms in total. The third-order valence-electron chi connectivity index (χ3n) is 4.25. The summed E-state index contributed by atoms with van der Waals surface area (Å²) in [7, 11) is 0. The van der Waals surface area contributed by atoms with Crippen molar-refractivity contribution in [1.82, 2.24) is 4.90 Å². The lowest BCUT2D eigenvalue weighted by molar-refractivity contribution is 0.0374. The number of benzene rings is 1. The van der Waals surface area contributed by atoms with Crippen LogP contribution in [0.1, 0.15) is 45.2 Å². The molecule has 1 aliphatic heterocycles.